The number of carbonyl (C=O) groups excluding carboxylic acids is 1. The predicted molar refractivity (Wildman–Crippen MR) is 77.7 cm³/mol. The van der Waals surface area contributed by atoms with Gasteiger partial charge in [0.15, 0.2) is 5.78 Å². The van der Waals surface area contributed by atoms with Crippen LogP contribution in [0.5, 0.6) is 0 Å². The van der Waals surface area contributed by atoms with Crippen LogP contribution in [0.2, 0.25) is 0 Å². The molecule has 0 unspecified atom stereocenters. The van der Waals surface area contributed by atoms with Crippen LogP contribution in [0.4, 0.5) is 0 Å². The molecule has 0 aromatic carbocycles. The van der Waals surface area contributed by atoms with Crippen LogP contribution in [0.25, 0.3) is 11.3 Å². The molecule has 2 aromatic heterocycles. The van der Waals surface area contributed by atoms with Crippen LogP contribution < -0.4 is 0 Å². The molecule has 0 radical (unpaired) electrons. The lowest BCUT2D eigenvalue weighted by Gasteiger charge is -2.06. The number of nitrogens with zero attached hydrogens (tertiary/aromatic N) is 3. The third-order valence-electron chi connectivity index (χ3n) is 3.76. The highest BCUT2D eigenvalue weighted by Gasteiger charge is 2.23. The van der Waals surface area contributed by atoms with Crippen LogP contribution in [-0.2, 0) is 6.54 Å². The zero-order chi connectivity index (χ0) is 14.3. The van der Waals surface area contributed by atoms with Gasteiger partial charge in [-0.1, -0.05) is 0 Å². The van der Waals surface area contributed by atoms with Crippen molar-refractivity contribution in [2.45, 2.75) is 40.2 Å². The minimum absolute atomic E-state index is 0.0434. The van der Waals surface area contributed by atoms with Crippen LogP contribution in [0, 0.1) is 19.8 Å². The second kappa shape index (κ2) is 4.85. The SMILES string of the molecule is CC(=O)c1ccc(C)nc1-c1cn(CC2CC2)nc1C. The maximum absolute atomic E-state index is 11.8. The Bertz CT molecular complexity index is 668. The second-order valence-corrected chi connectivity index (χ2v) is 5.70. The molecule has 0 N–H and O–H groups in total. The Morgan fingerprint density at radius 3 is 2.75 bits per heavy atom. The van der Waals surface area contributed by atoms with E-state index in [1.165, 1.54) is 12.8 Å². The molecule has 1 fully saturated rings. The average molecular weight is 269 g/mol. The normalized spacial score (nSPS) is 14.6. The quantitative estimate of drug-likeness (QED) is 0.801. The molecule has 2 aromatic rings. The first-order chi connectivity index (χ1) is 9.54. The number of Topliss-reactive ketones (excluding diaryl/α,β-unsaturated/α-hetero) is 1. The summed E-state index contributed by atoms with van der Waals surface area (Å²) in [7, 11) is 0. The van der Waals surface area contributed by atoms with E-state index in [2.05, 4.69) is 10.1 Å². The van der Waals surface area contributed by atoms with Gasteiger partial charge in [0.25, 0.3) is 0 Å². The van der Waals surface area contributed by atoms with Crippen LogP contribution in [-0.4, -0.2) is 20.5 Å². The number of aromatic nitrogens is 3. The zero-order valence-electron chi connectivity index (χ0n) is 12.2. The summed E-state index contributed by atoms with van der Waals surface area (Å²) in [5, 5.41) is 4.56. The Hall–Kier alpha value is -1.97. The van der Waals surface area contributed by atoms with Crippen molar-refractivity contribution in [3.05, 3.63) is 35.3 Å². The Labute approximate surface area is 118 Å². The van der Waals surface area contributed by atoms with Gasteiger partial charge in [0, 0.05) is 29.6 Å². The Morgan fingerprint density at radius 1 is 1.35 bits per heavy atom. The molecule has 4 nitrogen and oxygen atoms in total. The third-order valence-corrected chi connectivity index (χ3v) is 3.76. The third kappa shape index (κ3) is 2.50. The summed E-state index contributed by atoms with van der Waals surface area (Å²) in [6, 6.07) is 3.74. The molecule has 3 rings (SSSR count). The highest BCUT2D eigenvalue weighted by atomic mass is 16.1. The van der Waals surface area contributed by atoms with E-state index in [4.69, 9.17) is 0 Å². The number of hydrogen-bond donors (Lipinski definition) is 0. The smallest absolute Gasteiger partial charge is 0.161 e. The molecule has 4 heteroatoms. The highest BCUT2D eigenvalue weighted by Crippen LogP contribution is 2.32. The van der Waals surface area contributed by atoms with Crippen molar-refractivity contribution in [3.63, 3.8) is 0 Å². The topological polar surface area (TPSA) is 47.8 Å². The van der Waals surface area contributed by atoms with Crippen LogP contribution in [0.15, 0.2) is 18.3 Å². The van der Waals surface area contributed by atoms with Crippen molar-refractivity contribution in [3.8, 4) is 11.3 Å². The first-order valence-electron chi connectivity index (χ1n) is 7.07. The largest absolute Gasteiger partial charge is 0.294 e. The summed E-state index contributed by atoms with van der Waals surface area (Å²) in [6.07, 6.45) is 4.63. The van der Waals surface area contributed by atoms with Gasteiger partial charge in [-0.25, -0.2) is 0 Å². The molecular formula is C16H19N3O. The summed E-state index contributed by atoms with van der Waals surface area (Å²) < 4.78 is 2.00. The lowest BCUT2D eigenvalue weighted by molar-refractivity contribution is 0.101. The maximum atomic E-state index is 11.8. The molecular weight excluding hydrogens is 250 g/mol. The van der Waals surface area contributed by atoms with Gasteiger partial charge < -0.3 is 0 Å². The molecule has 0 amide bonds. The summed E-state index contributed by atoms with van der Waals surface area (Å²) >= 11 is 0. The minimum Gasteiger partial charge on any atom is -0.294 e. The summed E-state index contributed by atoms with van der Waals surface area (Å²) in [5.74, 6) is 0.821. The minimum atomic E-state index is 0.0434. The van der Waals surface area contributed by atoms with E-state index in [-0.39, 0.29) is 5.78 Å². The van der Waals surface area contributed by atoms with Crippen molar-refractivity contribution in [1.29, 1.82) is 0 Å². The predicted octanol–water partition coefficient (Wildman–Crippen LogP) is 3.17. The molecule has 2 heterocycles. The van der Waals surface area contributed by atoms with E-state index in [1.54, 1.807) is 6.92 Å². The van der Waals surface area contributed by atoms with Crippen LogP contribution in [0.3, 0.4) is 0 Å². The number of aryl methyl sites for hydroxylation is 2. The van der Waals surface area contributed by atoms with Crippen LogP contribution in [0.1, 0.15) is 41.5 Å². The molecule has 1 aliphatic rings. The number of pyridine rings is 1. The molecule has 104 valence electrons. The van der Waals surface area contributed by atoms with E-state index in [0.29, 0.717) is 5.56 Å². The van der Waals surface area contributed by atoms with E-state index in [0.717, 1.165) is 35.1 Å². The van der Waals surface area contributed by atoms with Crippen molar-refractivity contribution < 1.29 is 4.79 Å². The van der Waals surface area contributed by atoms with Gasteiger partial charge in [-0.05, 0) is 51.7 Å². The molecule has 0 spiro atoms. The maximum Gasteiger partial charge on any atom is 0.161 e. The first kappa shape index (κ1) is 13.0. The average Bonchev–Trinajstić information content (AvgIpc) is 3.11. The summed E-state index contributed by atoms with van der Waals surface area (Å²) in [4.78, 5) is 16.3. The number of carbonyl (C=O) groups is 1. The monoisotopic (exact) mass is 269 g/mol. The van der Waals surface area contributed by atoms with Gasteiger partial charge in [-0.15, -0.1) is 0 Å². The van der Waals surface area contributed by atoms with Crippen molar-refractivity contribution >= 4 is 5.78 Å². The van der Waals surface area contributed by atoms with E-state index in [9.17, 15) is 4.79 Å². The first-order valence-corrected chi connectivity index (χ1v) is 7.07. The molecule has 20 heavy (non-hydrogen) atoms. The molecule has 0 atom stereocenters. The van der Waals surface area contributed by atoms with Crippen LogP contribution >= 0.6 is 0 Å². The lowest BCUT2D eigenvalue weighted by atomic mass is 10.0. The van der Waals surface area contributed by atoms with Gasteiger partial charge >= 0.3 is 0 Å². The fourth-order valence-corrected chi connectivity index (χ4v) is 2.45. The van der Waals surface area contributed by atoms with Crippen molar-refractivity contribution in [2.75, 3.05) is 0 Å². The number of ketones is 1. The highest BCUT2D eigenvalue weighted by molar-refractivity contribution is 6.00. The van der Waals surface area contributed by atoms with E-state index in [1.807, 2.05) is 36.9 Å². The van der Waals surface area contributed by atoms with Gasteiger partial charge in [-0.2, -0.15) is 5.10 Å². The molecule has 1 saturated carbocycles. The summed E-state index contributed by atoms with van der Waals surface area (Å²) in [6.45, 7) is 6.48. The standard InChI is InChI=1S/C16H19N3O/c1-10-4-7-14(12(3)20)16(17-10)15-9-19(18-11(15)2)8-13-5-6-13/h4,7,9,13H,5-6,8H2,1-3H3. The van der Waals surface area contributed by atoms with Gasteiger partial charge in [0.1, 0.15) is 0 Å². The Balaban J connectivity index is 2.05. The fraction of sp³-hybridized carbons (Fsp3) is 0.438. The van der Waals surface area contributed by atoms with Gasteiger partial charge in [0.05, 0.1) is 11.4 Å². The number of hydrogen-bond acceptors (Lipinski definition) is 3. The lowest BCUT2D eigenvalue weighted by Crippen LogP contribution is -2.00. The molecule has 0 bridgehead atoms. The van der Waals surface area contributed by atoms with E-state index >= 15 is 0 Å². The zero-order valence-corrected chi connectivity index (χ0v) is 12.2. The molecule has 0 aliphatic heterocycles. The summed E-state index contributed by atoms with van der Waals surface area (Å²) in [5.41, 5.74) is 4.26. The number of rotatable bonds is 4. The Morgan fingerprint density at radius 2 is 2.10 bits per heavy atom. The van der Waals surface area contributed by atoms with Gasteiger partial charge in [-0.3, -0.25) is 14.5 Å². The Kier molecular flexibility index (Phi) is 3.16. The van der Waals surface area contributed by atoms with Gasteiger partial charge in [0.2, 0.25) is 0 Å². The second-order valence-electron chi connectivity index (χ2n) is 5.70. The fourth-order valence-electron chi connectivity index (χ4n) is 2.45. The molecule has 1 aliphatic carbocycles. The van der Waals surface area contributed by atoms with Crippen molar-refractivity contribution in [2.24, 2.45) is 5.92 Å². The van der Waals surface area contributed by atoms with Crippen molar-refractivity contribution in [1.82, 2.24) is 14.8 Å². The molecule has 0 saturated heterocycles. The van der Waals surface area contributed by atoms with E-state index < -0.39 is 0 Å².